The minimum atomic E-state index is 0.490. The third-order valence-electron chi connectivity index (χ3n) is 4.78. The molecule has 0 amide bonds. The Hall–Kier alpha value is -3.14. The summed E-state index contributed by atoms with van der Waals surface area (Å²) in [6.07, 6.45) is 3.85. The Morgan fingerprint density at radius 2 is 1.62 bits per heavy atom. The predicted octanol–water partition coefficient (Wildman–Crippen LogP) is 4.22. The molecule has 0 aliphatic heterocycles. The molecule has 0 unspecified atom stereocenters. The highest BCUT2D eigenvalue weighted by molar-refractivity contribution is 6.08. The highest BCUT2D eigenvalue weighted by atomic mass is 15.1. The van der Waals surface area contributed by atoms with Crippen molar-refractivity contribution < 1.29 is 0 Å². The highest BCUT2D eigenvalue weighted by Gasteiger charge is 2.08. The number of aryl methyl sites for hydroxylation is 2. The third-order valence-corrected chi connectivity index (χ3v) is 4.78. The van der Waals surface area contributed by atoms with Gasteiger partial charge in [-0.05, 0) is 48.2 Å². The van der Waals surface area contributed by atoms with Crippen LogP contribution >= 0.6 is 0 Å². The smallest absolute Gasteiger partial charge is 0.150 e. The fourth-order valence-corrected chi connectivity index (χ4v) is 3.29. The average Bonchev–Trinajstić information content (AvgIpc) is 2.67. The number of para-hydroxylation sites is 1. The molecule has 4 aromatic rings. The Balaban J connectivity index is 1.64. The average molecular weight is 342 g/mol. The van der Waals surface area contributed by atoms with Gasteiger partial charge in [-0.1, -0.05) is 30.3 Å². The van der Waals surface area contributed by atoms with Gasteiger partial charge >= 0.3 is 0 Å². The highest BCUT2D eigenvalue weighted by Crippen LogP contribution is 2.27. The standard InChI is InChI=1S/C22H22N4/c1-26(2)17-11-9-15(10-12-17)7-8-16-13-19-18-5-3-4-6-20(18)25-22(23)21(19)24-14-16/h3-6,9-14H,7-8H2,1-2H3,(H2,23,25). The van der Waals surface area contributed by atoms with Gasteiger partial charge in [-0.15, -0.1) is 0 Å². The molecule has 4 rings (SSSR count). The Labute approximate surface area is 153 Å². The van der Waals surface area contributed by atoms with Gasteiger partial charge in [-0.25, -0.2) is 4.98 Å². The second kappa shape index (κ2) is 6.64. The molecule has 0 spiro atoms. The molecule has 2 aromatic heterocycles. The summed E-state index contributed by atoms with van der Waals surface area (Å²) in [5.74, 6) is 0.490. The predicted molar refractivity (Wildman–Crippen MR) is 110 cm³/mol. The van der Waals surface area contributed by atoms with E-state index in [1.807, 2.05) is 24.4 Å². The molecular formula is C22H22N4. The van der Waals surface area contributed by atoms with Crippen molar-refractivity contribution in [3.8, 4) is 0 Å². The third kappa shape index (κ3) is 3.06. The van der Waals surface area contributed by atoms with E-state index in [2.05, 4.69) is 65.4 Å². The van der Waals surface area contributed by atoms with Crippen LogP contribution in [0.5, 0.6) is 0 Å². The SMILES string of the molecule is CN(C)c1ccc(CCc2cnc3c(N)nc4ccccc4c3c2)cc1. The summed E-state index contributed by atoms with van der Waals surface area (Å²) in [5, 5.41) is 2.18. The van der Waals surface area contributed by atoms with Crippen LogP contribution in [0, 0.1) is 0 Å². The second-order valence-corrected chi connectivity index (χ2v) is 6.81. The van der Waals surface area contributed by atoms with E-state index in [1.165, 1.54) is 16.8 Å². The van der Waals surface area contributed by atoms with Crippen molar-refractivity contribution in [3.63, 3.8) is 0 Å². The zero-order chi connectivity index (χ0) is 18.1. The number of nitrogens with zero attached hydrogens (tertiary/aromatic N) is 3. The summed E-state index contributed by atoms with van der Waals surface area (Å²) in [7, 11) is 4.11. The minimum absolute atomic E-state index is 0.490. The van der Waals surface area contributed by atoms with Crippen molar-refractivity contribution >= 4 is 33.3 Å². The van der Waals surface area contributed by atoms with E-state index in [-0.39, 0.29) is 0 Å². The van der Waals surface area contributed by atoms with Gasteiger partial charge in [0.05, 0.1) is 5.52 Å². The number of hydrogen-bond acceptors (Lipinski definition) is 4. The number of hydrogen-bond donors (Lipinski definition) is 1. The van der Waals surface area contributed by atoms with Crippen LogP contribution in [-0.4, -0.2) is 24.1 Å². The summed E-state index contributed by atoms with van der Waals surface area (Å²) in [6.45, 7) is 0. The number of pyridine rings is 2. The zero-order valence-electron chi connectivity index (χ0n) is 15.1. The van der Waals surface area contributed by atoms with Gasteiger partial charge in [0.1, 0.15) is 5.52 Å². The van der Waals surface area contributed by atoms with E-state index in [4.69, 9.17) is 5.73 Å². The first-order valence-corrected chi connectivity index (χ1v) is 8.81. The largest absolute Gasteiger partial charge is 0.382 e. The molecule has 0 aliphatic rings. The molecule has 2 aromatic carbocycles. The zero-order valence-corrected chi connectivity index (χ0v) is 15.1. The summed E-state index contributed by atoms with van der Waals surface area (Å²) in [5.41, 5.74) is 11.6. The van der Waals surface area contributed by atoms with E-state index in [1.54, 1.807) is 0 Å². The van der Waals surface area contributed by atoms with E-state index < -0.39 is 0 Å². The minimum Gasteiger partial charge on any atom is -0.382 e. The van der Waals surface area contributed by atoms with E-state index in [0.29, 0.717) is 5.82 Å². The Kier molecular flexibility index (Phi) is 4.17. The molecule has 0 radical (unpaired) electrons. The number of nitrogens with two attached hydrogens (primary N) is 1. The van der Waals surface area contributed by atoms with Crippen LogP contribution in [0.15, 0.2) is 60.8 Å². The number of anilines is 2. The molecule has 0 atom stereocenters. The van der Waals surface area contributed by atoms with E-state index in [9.17, 15) is 0 Å². The molecule has 0 bridgehead atoms. The van der Waals surface area contributed by atoms with Crippen molar-refractivity contribution in [3.05, 3.63) is 71.9 Å². The second-order valence-electron chi connectivity index (χ2n) is 6.81. The number of nitrogen functional groups attached to an aromatic ring is 1. The van der Waals surface area contributed by atoms with Gasteiger partial charge in [0.15, 0.2) is 5.82 Å². The molecule has 4 heteroatoms. The maximum absolute atomic E-state index is 6.10. The first-order valence-electron chi connectivity index (χ1n) is 8.81. The van der Waals surface area contributed by atoms with Gasteiger partial charge in [0, 0.05) is 36.8 Å². The first kappa shape index (κ1) is 16.3. The van der Waals surface area contributed by atoms with Crippen molar-refractivity contribution in [2.75, 3.05) is 24.7 Å². The van der Waals surface area contributed by atoms with Crippen molar-refractivity contribution in [2.45, 2.75) is 12.8 Å². The Morgan fingerprint density at radius 3 is 2.38 bits per heavy atom. The normalized spacial score (nSPS) is 11.2. The molecule has 2 N–H and O–H groups in total. The first-order chi connectivity index (χ1) is 12.6. The van der Waals surface area contributed by atoms with E-state index in [0.717, 1.165) is 34.6 Å². The quantitative estimate of drug-likeness (QED) is 0.564. The molecule has 0 saturated carbocycles. The van der Waals surface area contributed by atoms with Crippen LogP contribution in [0.1, 0.15) is 11.1 Å². The maximum Gasteiger partial charge on any atom is 0.150 e. The van der Waals surface area contributed by atoms with Crippen molar-refractivity contribution in [2.24, 2.45) is 0 Å². The molecule has 4 nitrogen and oxygen atoms in total. The van der Waals surface area contributed by atoms with Crippen LogP contribution in [-0.2, 0) is 12.8 Å². The van der Waals surface area contributed by atoms with E-state index >= 15 is 0 Å². The number of aromatic nitrogens is 2. The Bertz CT molecular complexity index is 1070. The van der Waals surface area contributed by atoms with Crippen LogP contribution in [0.3, 0.4) is 0 Å². The lowest BCUT2D eigenvalue weighted by Crippen LogP contribution is -2.08. The van der Waals surface area contributed by atoms with Gasteiger partial charge in [0.2, 0.25) is 0 Å². The topological polar surface area (TPSA) is 55.0 Å². The van der Waals surface area contributed by atoms with Crippen molar-refractivity contribution in [1.29, 1.82) is 0 Å². The fraction of sp³-hybridized carbons (Fsp3) is 0.182. The molecule has 26 heavy (non-hydrogen) atoms. The lowest BCUT2D eigenvalue weighted by molar-refractivity contribution is 0.953. The molecule has 0 fully saturated rings. The summed E-state index contributed by atoms with van der Waals surface area (Å²) in [6, 6.07) is 19.0. The summed E-state index contributed by atoms with van der Waals surface area (Å²) in [4.78, 5) is 11.2. The van der Waals surface area contributed by atoms with Gasteiger partial charge < -0.3 is 10.6 Å². The lowest BCUT2D eigenvalue weighted by Gasteiger charge is -2.12. The number of rotatable bonds is 4. The van der Waals surface area contributed by atoms with Gasteiger partial charge in [-0.3, -0.25) is 4.98 Å². The van der Waals surface area contributed by atoms with Gasteiger partial charge in [0.25, 0.3) is 0 Å². The van der Waals surface area contributed by atoms with Crippen LogP contribution in [0.25, 0.3) is 21.8 Å². The fourth-order valence-electron chi connectivity index (χ4n) is 3.29. The molecule has 2 heterocycles. The van der Waals surface area contributed by atoms with Crippen LogP contribution in [0.2, 0.25) is 0 Å². The van der Waals surface area contributed by atoms with Crippen LogP contribution in [0.4, 0.5) is 11.5 Å². The van der Waals surface area contributed by atoms with Gasteiger partial charge in [-0.2, -0.15) is 0 Å². The summed E-state index contributed by atoms with van der Waals surface area (Å²) >= 11 is 0. The lowest BCUT2D eigenvalue weighted by atomic mass is 10.0. The number of benzene rings is 2. The molecule has 0 saturated heterocycles. The Morgan fingerprint density at radius 1 is 0.885 bits per heavy atom. The molecular weight excluding hydrogens is 320 g/mol. The monoisotopic (exact) mass is 342 g/mol. The number of fused-ring (bicyclic) bond motifs is 3. The van der Waals surface area contributed by atoms with Crippen LogP contribution < -0.4 is 10.6 Å². The molecule has 0 aliphatic carbocycles. The van der Waals surface area contributed by atoms with Crippen molar-refractivity contribution in [1.82, 2.24) is 9.97 Å². The maximum atomic E-state index is 6.10. The molecule has 130 valence electrons. The summed E-state index contributed by atoms with van der Waals surface area (Å²) < 4.78 is 0.